The molecule has 1 saturated heterocycles. The number of carbonyl (C=O) groups is 1. The molecule has 114 valence electrons. The number of para-hydroxylation sites is 1. The molecule has 2 aromatic carbocycles. The van der Waals surface area contributed by atoms with Crippen molar-refractivity contribution in [1.82, 2.24) is 5.32 Å². The molecule has 22 heavy (non-hydrogen) atoms. The van der Waals surface area contributed by atoms with Crippen LogP contribution < -0.4 is 10.6 Å². The summed E-state index contributed by atoms with van der Waals surface area (Å²) in [6.07, 6.45) is 1.04. The van der Waals surface area contributed by atoms with Gasteiger partial charge in [0, 0.05) is 24.2 Å². The smallest absolute Gasteiger partial charge is 0.337 e. The number of hydrogen-bond acceptors (Lipinski definition) is 3. The van der Waals surface area contributed by atoms with Crippen LogP contribution in [0.2, 0.25) is 0 Å². The maximum absolute atomic E-state index is 11.4. The van der Waals surface area contributed by atoms with E-state index in [9.17, 15) is 9.90 Å². The lowest BCUT2D eigenvalue weighted by Crippen LogP contribution is -2.44. The summed E-state index contributed by atoms with van der Waals surface area (Å²) in [7, 11) is 0. The molecule has 0 aromatic heterocycles. The molecule has 0 bridgehead atoms. The van der Waals surface area contributed by atoms with Crippen molar-refractivity contribution >= 4 is 11.7 Å². The molecule has 1 heterocycles. The number of aromatic carboxylic acids is 1. The summed E-state index contributed by atoms with van der Waals surface area (Å²) in [6.45, 7) is 1.81. The molecule has 2 atom stereocenters. The normalized spacial score (nSPS) is 21.3. The lowest BCUT2D eigenvalue weighted by Gasteiger charge is -2.34. The molecule has 3 rings (SSSR count). The van der Waals surface area contributed by atoms with Crippen LogP contribution in [0.3, 0.4) is 0 Å². The number of carboxylic acid groups (broad SMARTS) is 1. The Morgan fingerprint density at radius 3 is 2.59 bits per heavy atom. The molecule has 4 heteroatoms. The van der Waals surface area contributed by atoms with Gasteiger partial charge in [0.25, 0.3) is 0 Å². The SMILES string of the molecule is O=C(O)c1ccccc1N[C@H]1CNCC[C@@H]1c1ccccc1. The summed E-state index contributed by atoms with van der Waals surface area (Å²) in [5, 5.41) is 16.2. The molecule has 0 spiro atoms. The second kappa shape index (κ2) is 6.62. The van der Waals surface area contributed by atoms with Gasteiger partial charge in [0.15, 0.2) is 0 Å². The van der Waals surface area contributed by atoms with Gasteiger partial charge in [-0.25, -0.2) is 4.79 Å². The lowest BCUT2D eigenvalue weighted by atomic mass is 9.86. The van der Waals surface area contributed by atoms with Crippen molar-refractivity contribution in [3.63, 3.8) is 0 Å². The van der Waals surface area contributed by atoms with Gasteiger partial charge in [0.1, 0.15) is 0 Å². The van der Waals surface area contributed by atoms with Crippen molar-refractivity contribution in [1.29, 1.82) is 0 Å². The topological polar surface area (TPSA) is 61.4 Å². The number of carboxylic acids is 1. The van der Waals surface area contributed by atoms with E-state index in [4.69, 9.17) is 0 Å². The van der Waals surface area contributed by atoms with E-state index in [1.54, 1.807) is 12.1 Å². The third-order valence-corrected chi connectivity index (χ3v) is 4.21. The lowest BCUT2D eigenvalue weighted by molar-refractivity contribution is 0.0698. The summed E-state index contributed by atoms with van der Waals surface area (Å²) in [6, 6.07) is 17.7. The second-order valence-corrected chi connectivity index (χ2v) is 5.61. The highest BCUT2D eigenvalue weighted by atomic mass is 16.4. The minimum Gasteiger partial charge on any atom is -0.478 e. The number of rotatable bonds is 4. The van der Waals surface area contributed by atoms with Crippen LogP contribution in [0, 0.1) is 0 Å². The third-order valence-electron chi connectivity index (χ3n) is 4.21. The first kappa shape index (κ1) is 14.6. The minimum absolute atomic E-state index is 0.177. The standard InChI is InChI=1S/C18H20N2O2/c21-18(22)15-8-4-5-9-16(15)20-17-12-19-11-10-14(17)13-6-2-1-3-7-13/h1-9,14,17,19-20H,10-12H2,(H,21,22)/t14-,17+/m1/s1. The Labute approximate surface area is 130 Å². The van der Waals surface area contributed by atoms with E-state index in [0.717, 1.165) is 19.5 Å². The Bertz CT molecular complexity index is 643. The van der Waals surface area contributed by atoms with E-state index in [1.807, 2.05) is 18.2 Å². The highest BCUT2D eigenvalue weighted by Crippen LogP contribution is 2.28. The Hall–Kier alpha value is -2.33. The zero-order chi connectivity index (χ0) is 15.4. The van der Waals surface area contributed by atoms with Crippen molar-refractivity contribution < 1.29 is 9.90 Å². The molecule has 0 unspecified atom stereocenters. The quantitative estimate of drug-likeness (QED) is 0.812. The number of hydrogen-bond donors (Lipinski definition) is 3. The zero-order valence-electron chi connectivity index (χ0n) is 12.3. The van der Waals surface area contributed by atoms with E-state index in [-0.39, 0.29) is 6.04 Å². The predicted octanol–water partition coefficient (Wildman–Crippen LogP) is 2.94. The van der Waals surface area contributed by atoms with Gasteiger partial charge in [-0.15, -0.1) is 0 Å². The Kier molecular flexibility index (Phi) is 4.39. The molecule has 4 nitrogen and oxygen atoms in total. The van der Waals surface area contributed by atoms with E-state index in [1.165, 1.54) is 5.56 Å². The number of anilines is 1. The predicted molar refractivity (Wildman–Crippen MR) is 87.5 cm³/mol. The van der Waals surface area contributed by atoms with E-state index in [0.29, 0.717) is 17.2 Å². The summed E-state index contributed by atoms with van der Waals surface area (Å²) < 4.78 is 0. The van der Waals surface area contributed by atoms with Gasteiger partial charge in [0.2, 0.25) is 0 Å². The van der Waals surface area contributed by atoms with Gasteiger partial charge in [0.05, 0.1) is 5.56 Å². The fourth-order valence-corrected chi connectivity index (χ4v) is 3.10. The second-order valence-electron chi connectivity index (χ2n) is 5.61. The highest BCUT2D eigenvalue weighted by Gasteiger charge is 2.27. The molecule has 0 saturated carbocycles. The van der Waals surface area contributed by atoms with Gasteiger partial charge >= 0.3 is 5.97 Å². The molecule has 2 aromatic rings. The molecular formula is C18H20N2O2. The van der Waals surface area contributed by atoms with Crippen LogP contribution >= 0.6 is 0 Å². The van der Waals surface area contributed by atoms with Gasteiger partial charge in [-0.3, -0.25) is 0 Å². The average Bonchev–Trinajstić information content (AvgIpc) is 2.56. The summed E-state index contributed by atoms with van der Waals surface area (Å²) in [4.78, 5) is 11.4. The van der Waals surface area contributed by atoms with Crippen molar-refractivity contribution in [2.45, 2.75) is 18.4 Å². The fraction of sp³-hybridized carbons (Fsp3) is 0.278. The zero-order valence-corrected chi connectivity index (χ0v) is 12.3. The largest absolute Gasteiger partial charge is 0.478 e. The first-order valence-corrected chi connectivity index (χ1v) is 7.60. The summed E-state index contributed by atoms with van der Waals surface area (Å²) >= 11 is 0. The maximum atomic E-state index is 11.4. The molecule has 1 fully saturated rings. The highest BCUT2D eigenvalue weighted by molar-refractivity contribution is 5.94. The van der Waals surface area contributed by atoms with Crippen LogP contribution in [0.25, 0.3) is 0 Å². The maximum Gasteiger partial charge on any atom is 0.337 e. The van der Waals surface area contributed by atoms with Crippen LogP contribution in [-0.4, -0.2) is 30.2 Å². The van der Waals surface area contributed by atoms with Crippen LogP contribution in [0.1, 0.15) is 28.3 Å². The first-order chi connectivity index (χ1) is 10.8. The van der Waals surface area contributed by atoms with Crippen molar-refractivity contribution in [2.75, 3.05) is 18.4 Å². The van der Waals surface area contributed by atoms with Gasteiger partial charge in [-0.1, -0.05) is 42.5 Å². The van der Waals surface area contributed by atoms with Gasteiger partial charge in [-0.05, 0) is 30.7 Å². The number of benzene rings is 2. The van der Waals surface area contributed by atoms with E-state index < -0.39 is 5.97 Å². The molecule has 3 N–H and O–H groups in total. The average molecular weight is 296 g/mol. The summed E-state index contributed by atoms with van der Waals surface area (Å²) in [5.74, 6) is -0.521. The van der Waals surface area contributed by atoms with Crippen LogP contribution in [0.5, 0.6) is 0 Å². The molecule has 1 aliphatic heterocycles. The van der Waals surface area contributed by atoms with Crippen LogP contribution in [-0.2, 0) is 0 Å². The molecular weight excluding hydrogens is 276 g/mol. The van der Waals surface area contributed by atoms with Crippen LogP contribution in [0.15, 0.2) is 54.6 Å². The van der Waals surface area contributed by atoms with Crippen molar-refractivity contribution in [3.8, 4) is 0 Å². The Morgan fingerprint density at radius 1 is 1.09 bits per heavy atom. The summed E-state index contributed by atoms with van der Waals surface area (Å²) in [5.41, 5.74) is 2.30. The van der Waals surface area contributed by atoms with Crippen molar-refractivity contribution in [3.05, 3.63) is 65.7 Å². The Balaban J connectivity index is 1.85. The fourth-order valence-electron chi connectivity index (χ4n) is 3.10. The number of piperidine rings is 1. The molecule has 0 radical (unpaired) electrons. The minimum atomic E-state index is -0.900. The van der Waals surface area contributed by atoms with Gasteiger partial charge < -0.3 is 15.7 Å². The molecule has 0 aliphatic carbocycles. The molecule has 1 aliphatic rings. The molecule has 0 amide bonds. The van der Waals surface area contributed by atoms with Crippen molar-refractivity contribution in [2.24, 2.45) is 0 Å². The van der Waals surface area contributed by atoms with Crippen LogP contribution in [0.4, 0.5) is 5.69 Å². The monoisotopic (exact) mass is 296 g/mol. The van der Waals surface area contributed by atoms with Gasteiger partial charge in [-0.2, -0.15) is 0 Å². The number of nitrogens with one attached hydrogen (secondary N) is 2. The van der Waals surface area contributed by atoms with E-state index >= 15 is 0 Å². The first-order valence-electron chi connectivity index (χ1n) is 7.60. The third kappa shape index (κ3) is 3.12. The Morgan fingerprint density at radius 2 is 1.82 bits per heavy atom. The van der Waals surface area contributed by atoms with E-state index in [2.05, 4.69) is 34.9 Å².